The number of carbonyl (C=O) groups excluding carboxylic acids is 1. The Morgan fingerprint density at radius 2 is 2.00 bits per heavy atom. The van der Waals surface area contributed by atoms with Crippen molar-refractivity contribution in [2.75, 3.05) is 13.1 Å². The van der Waals surface area contributed by atoms with Crippen molar-refractivity contribution >= 4 is 6.09 Å². The van der Waals surface area contributed by atoms with Crippen molar-refractivity contribution in [2.45, 2.75) is 83.4 Å². The van der Waals surface area contributed by atoms with Crippen LogP contribution in [0.25, 0.3) is 0 Å². The van der Waals surface area contributed by atoms with Crippen LogP contribution in [0.5, 0.6) is 0 Å². The predicted octanol–water partition coefficient (Wildman–Crippen LogP) is 3.55. The van der Waals surface area contributed by atoms with Crippen LogP contribution in [-0.4, -0.2) is 41.8 Å². The van der Waals surface area contributed by atoms with E-state index in [0.717, 1.165) is 37.8 Å². The van der Waals surface area contributed by atoms with Crippen LogP contribution in [0.1, 0.15) is 65.7 Å². The molecule has 126 valence electrons. The van der Waals surface area contributed by atoms with Crippen molar-refractivity contribution in [1.29, 1.82) is 0 Å². The molecular weight excluding hydrogens is 276 g/mol. The molecule has 2 saturated carbocycles. The third-order valence-corrected chi connectivity index (χ3v) is 5.61. The number of hydrogen-bond acceptors (Lipinski definition) is 3. The molecule has 4 atom stereocenters. The van der Waals surface area contributed by atoms with Crippen molar-refractivity contribution in [3.05, 3.63) is 0 Å². The molecule has 2 aliphatic carbocycles. The molecule has 22 heavy (non-hydrogen) atoms. The molecular formula is C18H32N2O2. The predicted molar refractivity (Wildman–Crippen MR) is 87.8 cm³/mol. The maximum Gasteiger partial charge on any atom is 0.410 e. The second kappa shape index (κ2) is 6.38. The lowest BCUT2D eigenvalue weighted by atomic mass is 9.94. The molecule has 0 aromatic carbocycles. The molecule has 3 fully saturated rings. The van der Waals surface area contributed by atoms with E-state index in [-0.39, 0.29) is 6.09 Å². The monoisotopic (exact) mass is 308 g/mol. The summed E-state index contributed by atoms with van der Waals surface area (Å²) in [6.07, 6.45) is 8.92. The quantitative estimate of drug-likeness (QED) is 0.867. The van der Waals surface area contributed by atoms with Crippen LogP contribution in [0.15, 0.2) is 0 Å². The summed E-state index contributed by atoms with van der Waals surface area (Å²) in [7, 11) is 0. The normalized spacial score (nSPS) is 35.0. The van der Waals surface area contributed by atoms with Gasteiger partial charge in [0, 0.05) is 25.2 Å². The first-order valence-corrected chi connectivity index (χ1v) is 9.15. The maximum atomic E-state index is 12.4. The standard InChI is InChI=1S/C18H32N2O2/c1-18(2,3)22-17(21)20-9-5-4-6-15(20)12-19-16-11-13-7-8-14(16)10-13/h13-16,19H,4-12H2,1-3H3. The number of carbonyl (C=O) groups is 1. The summed E-state index contributed by atoms with van der Waals surface area (Å²) in [6, 6.07) is 1.00. The van der Waals surface area contributed by atoms with Gasteiger partial charge in [-0.2, -0.15) is 0 Å². The summed E-state index contributed by atoms with van der Waals surface area (Å²) in [5.74, 6) is 1.86. The topological polar surface area (TPSA) is 41.6 Å². The smallest absolute Gasteiger partial charge is 0.410 e. The summed E-state index contributed by atoms with van der Waals surface area (Å²) < 4.78 is 5.59. The van der Waals surface area contributed by atoms with Crippen molar-refractivity contribution in [3.63, 3.8) is 0 Å². The fourth-order valence-corrected chi connectivity index (χ4v) is 4.56. The van der Waals surface area contributed by atoms with E-state index in [1.807, 2.05) is 25.7 Å². The lowest BCUT2D eigenvalue weighted by molar-refractivity contribution is 0.00945. The van der Waals surface area contributed by atoms with E-state index in [1.165, 1.54) is 32.1 Å². The number of ether oxygens (including phenoxy) is 1. The zero-order valence-electron chi connectivity index (χ0n) is 14.4. The van der Waals surface area contributed by atoms with Gasteiger partial charge in [0.05, 0.1) is 0 Å². The first kappa shape index (κ1) is 16.1. The van der Waals surface area contributed by atoms with E-state index in [0.29, 0.717) is 12.1 Å². The van der Waals surface area contributed by atoms with Gasteiger partial charge in [0.15, 0.2) is 0 Å². The van der Waals surface area contributed by atoms with Gasteiger partial charge in [-0.3, -0.25) is 0 Å². The van der Waals surface area contributed by atoms with Gasteiger partial charge in [-0.15, -0.1) is 0 Å². The third-order valence-electron chi connectivity index (χ3n) is 5.61. The molecule has 3 aliphatic rings. The fourth-order valence-electron chi connectivity index (χ4n) is 4.56. The highest BCUT2D eigenvalue weighted by Gasteiger charge is 2.40. The van der Waals surface area contributed by atoms with Gasteiger partial charge in [0.2, 0.25) is 0 Å². The van der Waals surface area contributed by atoms with Gasteiger partial charge in [-0.25, -0.2) is 4.79 Å². The summed E-state index contributed by atoms with van der Waals surface area (Å²) in [6.45, 7) is 7.61. The third kappa shape index (κ3) is 3.76. The van der Waals surface area contributed by atoms with E-state index < -0.39 is 5.60 Å². The van der Waals surface area contributed by atoms with Crippen LogP contribution in [0.2, 0.25) is 0 Å². The fraction of sp³-hybridized carbons (Fsp3) is 0.944. The minimum Gasteiger partial charge on any atom is -0.444 e. The highest BCUT2D eigenvalue weighted by atomic mass is 16.6. The van der Waals surface area contributed by atoms with Crippen LogP contribution in [0.3, 0.4) is 0 Å². The maximum absolute atomic E-state index is 12.4. The molecule has 0 spiro atoms. The molecule has 1 amide bonds. The Kier molecular flexibility index (Phi) is 4.67. The Labute approximate surface area is 135 Å². The van der Waals surface area contributed by atoms with Crippen LogP contribution in [0.4, 0.5) is 4.79 Å². The molecule has 1 saturated heterocycles. The highest BCUT2D eigenvalue weighted by Crippen LogP contribution is 2.44. The molecule has 4 nitrogen and oxygen atoms in total. The van der Waals surface area contributed by atoms with Crippen LogP contribution >= 0.6 is 0 Å². The van der Waals surface area contributed by atoms with E-state index in [4.69, 9.17) is 4.74 Å². The Bertz CT molecular complexity index is 404. The van der Waals surface area contributed by atoms with E-state index in [9.17, 15) is 4.79 Å². The lowest BCUT2D eigenvalue weighted by Crippen LogP contribution is -2.51. The summed E-state index contributed by atoms with van der Waals surface area (Å²) in [5, 5.41) is 3.78. The summed E-state index contributed by atoms with van der Waals surface area (Å²) in [5.41, 5.74) is -0.406. The van der Waals surface area contributed by atoms with Gasteiger partial charge < -0.3 is 15.0 Å². The number of fused-ring (bicyclic) bond motifs is 2. The number of nitrogens with one attached hydrogen (secondary N) is 1. The number of rotatable bonds is 3. The highest BCUT2D eigenvalue weighted by molar-refractivity contribution is 5.68. The van der Waals surface area contributed by atoms with Gasteiger partial charge in [-0.05, 0) is 71.1 Å². The minimum absolute atomic E-state index is 0.132. The molecule has 1 N–H and O–H groups in total. The van der Waals surface area contributed by atoms with E-state index in [2.05, 4.69) is 5.32 Å². The number of likely N-dealkylation sites (tertiary alicyclic amines) is 1. The number of amides is 1. The summed E-state index contributed by atoms with van der Waals surface area (Å²) >= 11 is 0. The molecule has 2 bridgehead atoms. The van der Waals surface area contributed by atoms with Gasteiger partial charge in [0.25, 0.3) is 0 Å². The number of nitrogens with zero attached hydrogens (tertiary/aromatic N) is 1. The summed E-state index contributed by atoms with van der Waals surface area (Å²) in [4.78, 5) is 14.4. The van der Waals surface area contributed by atoms with E-state index >= 15 is 0 Å². The van der Waals surface area contributed by atoms with E-state index in [1.54, 1.807) is 0 Å². The van der Waals surface area contributed by atoms with Crippen molar-refractivity contribution < 1.29 is 9.53 Å². The molecule has 0 aromatic heterocycles. The zero-order chi connectivity index (χ0) is 15.7. The Morgan fingerprint density at radius 1 is 1.18 bits per heavy atom. The average molecular weight is 308 g/mol. The van der Waals surface area contributed by atoms with Crippen LogP contribution in [-0.2, 0) is 4.74 Å². The lowest BCUT2D eigenvalue weighted by Gasteiger charge is -2.38. The largest absolute Gasteiger partial charge is 0.444 e. The zero-order valence-corrected chi connectivity index (χ0v) is 14.4. The average Bonchev–Trinajstić information content (AvgIpc) is 3.06. The molecule has 0 aromatic rings. The van der Waals surface area contributed by atoms with Crippen LogP contribution < -0.4 is 5.32 Å². The Balaban J connectivity index is 1.52. The second-order valence-electron chi connectivity index (χ2n) is 8.51. The van der Waals surface area contributed by atoms with Gasteiger partial charge >= 0.3 is 6.09 Å². The van der Waals surface area contributed by atoms with Crippen LogP contribution in [0, 0.1) is 11.8 Å². The minimum atomic E-state index is -0.406. The first-order chi connectivity index (χ1) is 10.4. The molecule has 4 unspecified atom stereocenters. The van der Waals surface area contributed by atoms with Gasteiger partial charge in [-0.1, -0.05) is 6.42 Å². The molecule has 1 heterocycles. The SMILES string of the molecule is CC(C)(C)OC(=O)N1CCCCC1CNC1CC2CCC1C2. The molecule has 0 radical (unpaired) electrons. The van der Waals surface area contributed by atoms with Crippen molar-refractivity contribution in [3.8, 4) is 0 Å². The number of piperidine rings is 1. The van der Waals surface area contributed by atoms with Crippen molar-refractivity contribution in [1.82, 2.24) is 10.2 Å². The second-order valence-corrected chi connectivity index (χ2v) is 8.51. The Morgan fingerprint density at radius 3 is 2.64 bits per heavy atom. The molecule has 3 rings (SSSR count). The first-order valence-electron chi connectivity index (χ1n) is 9.15. The van der Waals surface area contributed by atoms with Gasteiger partial charge in [0.1, 0.15) is 5.60 Å². The molecule has 1 aliphatic heterocycles. The Hall–Kier alpha value is -0.770. The molecule has 4 heteroatoms. The van der Waals surface area contributed by atoms with Crippen molar-refractivity contribution in [2.24, 2.45) is 11.8 Å². The number of hydrogen-bond donors (Lipinski definition) is 1.